The summed E-state index contributed by atoms with van der Waals surface area (Å²) in [5.74, 6) is -2.59. The summed E-state index contributed by atoms with van der Waals surface area (Å²) < 4.78 is 51.3. The number of hydrogen-bond acceptors (Lipinski definition) is 0. The zero-order valence-electron chi connectivity index (χ0n) is 20.3. The Morgan fingerprint density at radius 1 is 0.500 bits per heavy atom. The average molecular weight is 493 g/mol. The van der Waals surface area contributed by atoms with E-state index in [0.29, 0.717) is 22.3 Å². The molecule has 0 heterocycles. The molecule has 32 heavy (non-hydrogen) atoms. The minimum atomic E-state index is -0.861. The number of hydrogen-bond donors (Lipinski definition) is 0. The number of allylic oxidation sites excluding steroid dienone is 14. The van der Waals surface area contributed by atoms with Crippen molar-refractivity contribution in [2.45, 2.75) is 55.4 Å². The van der Waals surface area contributed by atoms with Gasteiger partial charge in [0.1, 0.15) is 11.7 Å². The molecule has 0 fully saturated rings. The van der Waals surface area contributed by atoms with Gasteiger partial charge in [-0.15, -0.1) is 0 Å². The second-order valence-corrected chi connectivity index (χ2v) is 7.70. The van der Waals surface area contributed by atoms with Crippen LogP contribution in [0.1, 0.15) is 55.4 Å². The van der Waals surface area contributed by atoms with E-state index in [0.717, 1.165) is 5.57 Å². The largest absolute Gasteiger partial charge is 0.205 e. The monoisotopic (exact) mass is 492 g/mol. The molecule has 0 nitrogen and oxygen atoms in total. The van der Waals surface area contributed by atoms with Crippen molar-refractivity contribution >= 4 is 23.2 Å². The second-order valence-electron chi connectivity index (χ2n) is 6.95. The highest BCUT2D eigenvalue weighted by molar-refractivity contribution is 6.32. The van der Waals surface area contributed by atoms with E-state index in [2.05, 4.69) is 26.3 Å². The molecule has 0 saturated carbocycles. The molecule has 0 saturated heterocycles. The van der Waals surface area contributed by atoms with Crippen LogP contribution in [0.25, 0.3) is 0 Å². The molecule has 0 bridgehead atoms. The third-order valence-corrected chi connectivity index (χ3v) is 4.59. The van der Waals surface area contributed by atoms with E-state index in [-0.39, 0.29) is 15.6 Å². The van der Waals surface area contributed by atoms with E-state index >= 15 is 0 Å². The van der Waals surface area contributed by atoms with Crippen LogP contribution in [0, 0.1) is 0 Å². The van der Waals surface area contributed by atoms with Crippen molar-refractivity contribution in [1.82, 2.24) is 0 Å². The van der Waals surface area contributed by atoms with E-state index in [4.69, 9.17) is 23.2 Å². The van der Waals surface area contributed by atoms with E-state index in [9.17, 15) is 17.6 Å². The van der Waals surface area contributed by atoms with Gasteiger partial charge in [0.15, 0.2) is 11.7 Å². The third-order valence-electron chi connectivity index (χ3n) is 3.64. The summed E-state index contributed by atoms with van der Waals surface area (Å²) in [6.07, 6.45) is 3.27. The lowest BCUT2D eigenvalue weighted by Gasteiger charge is -2.00. The number of halogens is 6. The van der Waals surface area contributed by atoms with E-state index in [1.807, 2.05) is 6.92 Å². The van der Waals surface area contributed by atoms with Gasteiger partial charge < -0.3 is 0 Å². The molecular formula is C26H34Cl2F4. The van der Waals surface area contributed by atoms with Gasteiger partial charge in [0.2, 0.25) is 0 Å². The van der Waals surface area contributed by atoms with Crippen LogP contribution in [-0.2, 0) is 0 Å². The second kappa shape index (κ2) is 17.5. The van der Waals surface area contributed by atoms with Crippen LogP contribution in [0.5, 0.6) is 0 Å². The first-order valence-electron chi connectivity index (χ1n) is 9.53. The standard InChI is InChI=1S/C9H12ClF.C9H12F2.C8H10ClF/c1-5-7(4)8(10)9(11)6(2)3;1-5-7(4)9(11)8(10)6(2)3;1-5(2)7(9)8(10)6(3)4/h2*5H,2H2,1,3-4H3;1,3H2,2,4H3/b2*7-5-,9-8-;8-7-. The van der Waals surface area contributed by atoms with Gasteiger partial charge in [0.25, 0.3) is 0 Å². The van der Waals surface area contributed by atoms with E-state index in [1.54, 1.807) is 40.7 Å². The van der Waals surface area contributed by atoms with Gasteiger partial charge in [-0.25, -0.2) is 17.6 Å². The Labute approximate surface area is 201 Å². The quantitative estimate of drug-likeness (QED) is 0.255. The molecule has 0 atom stereocenters. The van der Waals surface area contributed by atoms with Crippen molar-refractivity contribution in [1.29, 1.82) is 0 Å². The van der Waals surface area contributed by atoms with E-state index in [1.165, 1.54) is 19.9 Å². The van der Waals surface area contributed by atoms with Crippen molar-refractivity contribution in [3.05, 3.63) is 105 Å². The van der Waals surface area contributed by atoms with Gasteiger partial charge in [-0.2, -0.15) is 0 Å². The smallest absolute Gasteiger partial charge is 0.161 e. The van der Waals surface area contributed by atoms with Crippen LogP contribution >= 0.6 is 23.2 Å². The van der Waals surface area contributed by atoms with Gasteiger partial charge in [0.05, 0.1) is 10.1 Å². The SMILES string of the molecule is C=C(C)/C(F)=C(/Cl)C(=C)C.C=C(C)/C(F)=C(Cl)\C(C)=C/C.C=C(C)/C(F)=C(F)\C(C)=C/C. The topological polar surface area (TPSA) is 0 Å². The molecule has 0 aromatic rings. The maximum Gasteiger partial charge on any atom is 0.161 e. The predicted molar refractivity (Wildman–Crippen MR) is 135 cm³/mol. The summed E-state index contributed by atoms with van der Waals surface area (Å²) in [5.41, 5.74) is 2.34. The maximum atomic E-state index is 13.0. The molecular weight excluding hydrogens is 459 g/mol. The van der Waals surface area contributed by atoms with Crippen LogP contribution in [0.15, 0.2) is 105 Å². The minimum absolute atomic E-state index is 0.0625. The molecule has 0 rings (SSSR count). The summed E-state index contributed by atoms with van der Waals surface area (Å²) in [6, 6.07) is 0. The van der Waals surface area contributed by atoms with Crippen molar-refractivity contribution in [3.8, 4) is 0 Å². The highest BCUT2D eigenvalue weighted by Crippen LogP contribution is 2.24. The fraction of sp³-hybridized carbons (Fsp3) is 0.308. The summed E-state index contributed by atoms with van der Waals surface area (Å²) in [4.78, 5) is 0. The highest BCUT2D eigenvalue weighted by Gasteiger charge is 2.07. The molecule has 0 amide bonds. The summed E-state index contributed by atoms with van der Waals surface area (Å²) in [6.45, 7) is 26.6. The molecule has 0 N–H and O–H groups in total. The Hall–Kier alpha value is -2.04. The predicted octanol–water partition coefficient (Wildman–Crippen LogP) is 11.2. The molecule has 0 aromatic heterocycles. The highest BCUT2D eigenvalue weighted by atomic mass is 35.5. The summed E-state index contributed by atoms with van der Waals surface area (Å²) >= 11 is 11.2. The van der Waals surface area contributed by atoms with Crippen molar-refractivity contribution in [3.63, 3.8) is 0 Å². The van der Waals surface area contributed by atoms with Gasteiger partial charge in [-0.05, 0) is 88.8 Å². The normalized spacial score (nSPS) is 13.8. The molecule has 0 spiro atoms. The maximum absolute atomic E-state index is 13.0. The zero-order chi connectivity index (χ0) is 26.3. The molecule has 180 valence electrons. The lowest BCUT2D eigenvalue weighted by molar-refractivity contribution is 0.555. The van der Waals surface area contributed by atoms with E-state index < -0.39 is 23.3 Å². The lowest BCUT2D eigenvalue weighted by atomic mass is 10.2. The van der Waals surface area contributed by atoms with Crippen molar-refractivity contribution in [2.24, 2.45) is 0 Å². The molecule has 0 radical (unpaired) electrons. The average Bonchev–Trinajstić information content (AvgIpc) is 2.74. The van der Waals surface area contributed by atoms with Gasteiger partial charge in [0, 0.05) is 0 Å². The Morgan fingerprint density at radius 3 is 1.03 bits per heavy atom. The molecule has 6 heteroatoms. The first-order valence-corrected chi connectivity index (χ1v) is 10.3. The first kappa shape index (κ1) is 34.6. The van der Waals surface area contributed by atoms with Crippen LogP contribution in [0.3, 0.4) is 0 Å². The lowest BCUT2D eigenvalue weighted by Crippen LogP contribution is -1.83. The van der Waals surface area contributed by atoms with Crippen molar-refractivity contribution < 1.29 is 17.6 Å². The van der Waals surface area contributed by atoms with Crippen LogP contribution in [0.4, 0.5) is 17.6 Å². The summed E-state index contributed by atoms with van der Waals surface area (Å²) in [5, 5.41) is 0.215. The van der Waals surface area contributed by atoms with Crippen LogP contribution < -0.4 is 0 Å². The van der Waals surface area contributed by atoms with Crippen molar-refractivity contribution in [2.75, 3.05) is 0 Å². The molecule has 0 aliphatic carbocycles. The molecule has 0 unspecified atom stereocenters. The Kier molecular flexibility index (Phi) is 18.9. The fourth-order valence-corrected chi connectivity index (χ4v) is 1.78. The molecule has 0 aliphatic heterocycles. The fourth-order valence-electron chi connectivity index (χ4n) is 1.35. The summed E-state index contributed by atoms with van der Waals surface area (Å²) in [7, 11) is 0. The Morgan fingerprint density at radius 2 is 0.812 bits per heavy atom. The number of rotatable bonds is 6. The molecule has 0 aromatic carbocycles. The Balaban J connectivity index is -0.000000395. The third kappa shape index (κ3) is 14.1. The van der Waals surface area contributed by atoms with Gasteiger partial charge in [-0.3, -0.25) is 0 Å². The molecule has 0 aliphatic rings. The zero-order valence-corrected chi connectivity index (χ0v) is 21.8. The minimum Gasteiger partial charge on any atom is -0.205 e. The van der Waals surface area contributed by atoms with Gasteiger partial charge in [-0.1, -0.05) is 61.7 Å². The van der Waals surface area contributed by atoms with Crippen LogP contribution in [-0.4, -0.2) is 0 Å². The Bertz CT molecular complexity index is 808. The first-order chi connectivity index (χ1) is 14.5. The van der Waals surface area contributed by atoms with Gasteiger partial charge >= 0.3 is 0 Å². The van der Waals surface area contributed by atoms with Crippen LogP contribution in [0.2, 0.25) is 0 Å².